The molecule has 1 aromatic rings. The standard InChI is InChI=1S/C16H20BrN3O3/c1-11(9-15(21)18-10-14-3-2-8-23-14)19-20-16(22)12-4-6-13(17)7-5-12/h4-7,14H,2-3,8-10H2,1H3,(H,18,21)(H,20,22). The summed E-state index contributed by atoms with van der Waals surface area (Å²) in [7, 11) is 0. The molecule has 0 radical (unpaired) electrons. The van der Waals surface area contributed by atoms with Gasteiger partial charge in [0.05, 0.1) is 12.5 Å². The van der Waals surface area contributed by atoms with E-state index in [1.807, 2.05) is 0 Å². The van der Waals surface area contributed by atoms with Crippen LogP contribution in [0.1, 0.15) is 36.5 Å². The minimum absolute atomic E-state index is 0.119. The van der Waals surface area contributed by atoms with Crippen molar-refractivity contribution in [1.29, 1.82) is 0 Å². The van der Waals surface area contributed by atoms with Crippen LogP contribution < -0.4 is 10.7 Å². The molecule has 0 bridgehead atoms. The Hall–Kier alpha value is -1.73. The monoisotopic (exact) mass is 381 g/mol. The van der Waals surface area contributed by atoms with Crippen LogP contribution in [-0.2, 0) is 9.53 Å². The van der Waals surface area contributed by atoms with Gasteiger partial charge in [0.1, 0.15) is 0 Å². The van der Waals surface area contributed by atoms with Crippen LogP contribution in [0.2, 0.25) is 0 Å². The first-order valence-corrected chi connectivity index (χ1v) is 8.31. The molecule has 2 N–H and O–H groups in total. The van der Waals surface area contributed by atoms with Gasteiger partial charge in [-0.25, -0.2) is 5.43 Å². The normalized spacial score (nSPS) is 17.8. The Morgan fingerprint density at radius 2 is 2.09 bits per heavy atom. The first-order chi connectivity index (χ1) is 11.0. The van der Waals surface area contributed by atoms with Crippen LogP contribution in [0.5, 0.6) is 0 Å². The maximum Gasteiger partial charge on any atom is 0.271 e. The highest BCUT2D eigenvalue weighted by molar-refractivity contribution is 9.10. The summed E-state index contributed by atoms with van der Waals surface area (Å²) < 4.78 is 6.34. The third-order valence-electron chi connectivity index (χ3n) is 3.42. The summed E-state index contributed by atoms with van der Waals surface area (Å²) in [6.45, 7) is 2.99. The predicted octanol–water partition coefficient (Wildman–Crippen LogP) is 2.24. The average Bonchev–Trinajstić information content (AvgIpc) is 3.05. The molecule has 1 aliphatic heterocycles. The summed E-state index contributed by atoms with van der Waals surface area (Å²) in [5.74, 6) is -0.434. The van der Waals surface area contributed by atoms with Crippen LogP contribution in [0.3, 0.4) is 0 Å². The summed E-state index contributed by atoms with van der Waals surface area (Å²) in [4.78, 5) is 23.7. The highest BCUT2D eigenvalue weighted by Gasteiger charge is 2.16. The highest BCUT2D eigenvalue weighted by Crippen LogP contribution is 2.11. The van der Waals surface area contributed by atoms with Gasteiger partial charge in [-0.2, -0.15) is 5.10 Å². The van der Waals surface area contributed by atoms with Crippen molar-refractivity contribution < 1.29 is 14.3 Å². The summed E-state index contributed by atoms with van der Waals surface area (Å²) in [5, 5.41) is 6.77. The van der Waals surface area contributed by atoms with Gasteiger partial charge >= 0.3 is 0 Å². The summed E-state index contributed by atoms with van der Waals surface area (Å²) in [6, 6.07) is 6.95. The molecule has 1 aliphatic rings. The Labute approximate surface area is 143 Å². The van der Waals surface area contributed by atoms with Gasteiger partial charge in [-0.3, -0.25) is 9.59 Å². The molecule has 0 aromatic heterocycles. The lowest BCUT2D eigenvalue weighted by molar-refractivity contribution is -0.120. The number of hydrogen-bond acceptors (Lipinski definition) is 4. The fourth-order valence-corrected chi connectivity index (χ4v) is 2.44. The smallest absolute Gasteiger partial charge is 0.271 e. The molecular weight excluding hydrogens is 362 g/mol. The second kappa shape index (κ2) is 8.79. The summed E-state index contributed by atoms with van der Waals surface area (Å²) in [6.07, 6.45) is 2.29. The van der Waals surface area contributed by atoms with E-state index in [1.165, 1.54) is 0 Å². The third kappa shape index (κ3) is 6.11. The molecule has 1 saturated heterocycles. The molecule has 1 unspecified atom stereocenters. The van der Waals surface area contributed by atoms with E-state index in [4.69, 9.17) is 4.74 Å². The molecule has 1 heterocycles. The fraction of sp³-hybridized carbons (Fsp3) is 0.438. The first kappa shape index (κ1) is 17.6. The molecule has 0 aliphatic carbocycles. The minimum atomic E-state index is -0.309. The van der Waals surface area contributed by atoms with Crippen molar-refractivity contribution in [3.63, 3.8) is 0 Å². The van der Waals surface area contributed by atoms with Crippen molar-refractivity contribution in [2.75, 3.05) is 13.2 Å². The van der Waals surface area contributed by atoms with E-state index in [0.717, 1.165) is 23.9 Å². The molecule has 1 atom stereocenters. The lowest BCUT2D eigenvalue weighted by Crippen LogP contribution is -2.33. The number of nitrogens with zero attached hydrogens (tertiary/aromatic N) is 1. The highest BCUT2D eigenvalue weighted by atomic mass is 79.9. The minimum Gasteiger partial charge on any atom is -0.376 e. The maximum absolute atomic E-state index is 11.9. The molecule has 6 nitrogen and oxygen atoms in total. The Morgan fingerprint density at radius 1 is 1.35 bits per heavy atom. The number of amides is 2. The molecule has 0 spiro atoms. The van der Waals surface area contributed by atoms with E-state index in [9.17, 15) is 9.59 Å². The zero-order chi connectivity index (χ0) is 16.7. The van der Waals surface area contributed by atoms with Crippen LogP contribution in [0.25, 0.3) is 0 Å². The molecule has 1 aromatic carbocycles. The quantitative estimate of drug-likeness (QED) is 0.585. The van der Waals surface area contributed by atoms with E-state index in [1.54, 1.807) is 31.2 Å². The number of hydrazone groups is 1. The Morgan fingerprint density at radius 3 is 2.74 bits per heavy atom. The SMILES string of the molecule is CC(CC(=O)NCC1CCCO1)=NNC(=O)c1ccc(Br)cc1. The van der Waals surface area contributed by atoms with Gasteiger partial charge in [0.25, 0.3) is 5.91 Å². The van der Waals surface area contributed by atoms with Gasteiger partial charge in [-0.1, -0.05) is 15.9 Å². The van der Waals surface area contributed by atoms with Crippen molar-refractivity contribution in [2.24, 2.45) is 5.10 Å². The van der Waals surface area contributed by atoms with Crippen molar-refractivity contribution >= 4 is 33.5 Å². The molecule has 2 amide bonds. The van der Waals surface area contributed by atoms with Crippen LogP contribution in [-0.4, -0.2) is 36.8 Å². The number of benzene rings is 1. The van der Waals surface area contributed by atoms with E-state index in [0.29, 0.717) is 17.8 Å². The summed E-state index contributed by atoms with van der Waals surface area (Å²) in [5.41, 5.74) is 3.50. The molecule has 0 saturated carbocycles. The zero-order valence-electron chi connectivity index (χ0n) is 13.0. The topological polar surface area (TPSA) is 79.8 Å². The lowest BCUT2D eigenvalue weighted by atomic mass is 10.2. The largest absolute Gasteiger partial charge is 0.376 e. The predicted molar refractivity (Wildman–Crippen MR) is 91.3 cm³/mol. The van der Waals surface area contributed by atoms with E-state index in [-0.39, 0.29) is 24.3 Å². The number of nitrogens with one attached hydrogen (secondary N) is 2. The van der Waals surface area contributed by atoms with Gasteiger partial charge in [0.2, 0.25) is 5.91 Å². The van der Waals surface area contributed by atoms with Crippen molar-refractivity contribution in [3.05, 3.63) is 34.3 Å². The van der Waals surface area contributed by atoms with Gasteiger partial charge < -0.3 is 10.1 Å². The van der Waals surface area contributed by atoms with Gasteiger partial charge in [0.15, 0.2) is 0 Å². The number of carbonyl (C=O) groups is 2. The van der Waals surface area contributed by atoms with E-state index in [2.05, 4.69) is 31.8 Å². The maximum atomic E-state index is 11.9. The van der Waals surface area contributed by atoms with Gasteiger partial charge in [0, 0.05) is 28.9 Å². The average molecular weight is 382 g/mol. The van der Waals surface area contributed by atoms with Crippen LogP contribution in [0.4, 0.5) is 0 Å². The van der Waals surface area contributed by atoms with Crippen molar-refractivity contribution in [1.82, 2.24) is 10.7 Å². The van der Waals surface area contributed by atoms with E-state index >= 15 is 0 Å². The lowest BCUT2D eigenvalue weighted by Gasteiger charge is -2.10. The number of rotatable bonds is 6. The molecular formula is C16H20BrN3O3. The van der Waals surface area contributed by atoms with Gasteiger partial charge in [-0.15, -0.1) is 0 Å². The van der Waals surface area contributed by atoms with Crippen LogP contribution >= 0.6 is 15.9 Å². The molecule has 124 valence electrons. The molecule has 1 fully saturated rings. The Bertz CT molecular complexity index is 581. The Kier molecular flexibility index (Phi) is 6.73. The number of halogens is 1. The number of carbonyl (C=O) groups excluding carboxylic acids is 2. The van der Waals surface area contributed by atoms with Crippen molar-refractivity contribution in [2.45, 2.75) is 32.3 Å². The second-order valence-electron chi connectivity index (χ2n) is 5.41. The summed E-state index contributed by atoms with van der Waals surface area (Å²) >= 11 is 3.31. The van der Waals surface area contributed by atoms with E-state index < -0.39 is 0 Å². The van der Waals surface area contributed by atoms with Crippen molar-refractivity contribution in [3.8, 4) is 0 Å². The molecule has 7 heteroatoms. The number of ether oxygens (including phenoxy) is 1. The molecule has 23 heavy (non-hydrogen) atoms. The van der Waals surface area contributed by atoms with Crippen LogP contribution in [0.15, 0.2) is 33.8 Å². The second-order valence-corrected chi connectivity index (χ2v) is 6.33. The molecule has 2 rings (SSSR count). The van der Waals surface area contributed by atoms with Gasteiger partial charge in [-0.05, 0) is 44.0 Å². The third-order valence-corrected chi connectivity index (χ3v) is 3.95. The Balaban J connectivity index is 1.74. The fourth-order valence-electron chi connectivity index (χ4n) is 2.18. The zero-order valence-corrected chi connectivity index (χ0v) is 14.6. The number of hydrogen-bond donors (Lipinski definition) is 2. The first-order valence-electron chi connectivity index (χ1n) is 7.52. The van der Waals surface area contributed by atoms with Crippen LogP contribution in [0, 0.1) is 0 Å².